The first kappa shape index (κ1) is 14.0. The van der Waals surface area contributed by atoms with E-state index in [9.17, 15) is 14.4 Å². The van der Waals surface area contributed by atoms with E-state index in [2.05, 4.69) is 10.3 Å². The number of hydrogen-bond acceptors (Lipinski definition) is 5. The van der Waals surface area contributed by atoms with Gasteiger partial charge in [-0.1, -0.05) is 5.21 Å². The van der Waals surface area contributed by atoms with E-state index in [0.29, 0.717) is 19.5 Å². The predicted molar refractivity (Wildman–Crippen MR) is 65.8 cm³/mol. The molecule has 0 unspecified atom stereocenters. The Balaban J connectivity index is 2.00. The number of carboxylic acid groups (broad SMARTS) is 1. The third kappa shape index (κ3) is 3.11. The molecule has 2 heterocycles. The SMILES string of the molecule is CN1CCCN(C(=O)Cn2cc(C(=O)O)nn2)CC1=O. The molecule has 0 bridgehead atoms. The molecule has 1 aliphatic rings. The number of hydrogen-bond donors (Lipinski definition) is 1. The van der Waals surface area contributed by atoms with Crippen LogP contribution in [0.15, 0.2) is 6.20 Å². The minimum absolute atomic E-state index is 0.0375. The lowest BCUT2D eigenvalue weighted by Gasteiger charge is -2.19. The molecule has 1 fully saturated rings. The van der Waals surface area contributed by atoms with Gasteiger partial charge in [0.05, 0.1) is 12.7 Å². The van der Waals surface area contributed by atoms with Gasteiger partial charge >= 0.3 is 5.97 Å². The molecule has 1 aliphatic heterocycles. The Labute approximate surface area is 114 Å². The van der Waals surface area contributed by atoms with Crippen molar-refractivity contribution in [2.45, 2.75) is 13.0 Å². The predicted octanol–water partition coefficient (Wildman–Crippen LogP) is -1.33. The number of aromatic carboxylic acids is 1. The van der Waals surface area contributed by atoms with Gasteiger partial charge in [-0.3, -0.25) is 9.59 Å². The van der Waals surface area contributed by atoms with Gasteiger partial charge in [-0.25, -0.2) is 9.48 Å². The number of carbonyl (C=O) groups is 3. The Kier molecular flexibility index (Phi) is 3.97. The minimum Gasteiger partial charge on any atom is -0.476 e. The second kappa shape index (κ2) is 5.68. The number of carboxylic acids is 1. The van der Waals surface area contributed by atoms with Gasteiger partial charge in [0.1, 0.15) is 6.54 Å². The molecule has 1 saturated heterocycles. The molecule has 2 amide bonds. The minimum atomic E-state index is -1.20. The van der Waals surface area contributed by atoms with Crippen LogP contribution < -0.4 is 0 Å². The third-order valence-corrected chi connectivity index (χ3v) is 3.08. The fourth-order valence-electron chi connectivity index (χ4n) is 1.91. The summed E-state index contributed by atoms with van der Waals surface area (Å²) in [7, 11) is 1.70. The van der Waals surface area contributed by atoms with Gasteiger partial charge in [0.15, 0.2) is 5.69 Å². The molecule has 20 heavy (non-hydrogen) atoms. The van der Waals surface area contributed by atoms with Gasteiger partial charge in [0, 0.05) is 20.1 Å². The van der Waals surface area contributed by atoms with Gasteiger partial charge < -0.3 is 14.9 Å². The first-order chi connectivity index (χ1) is 9.47. The van der Waals surface area contributed by atoms with E-state index in [4.69, 9.17) is 5.11 Å². The van der Waals surface area contributed by atoms with Gasteiger partial charge in [0.2, 0.25) is 11.8 Å². The van der Waals surface area contributed by atoms with Crippen molar-refractivity contribution < 1.29 is 19.5 Å². The molecular formula is C11H15N5O4. The average Bonchev–Trinajstić information content (AvgIpc) is 2.78. The zero-order valence-electron chi connectivity index (χ0n) is 11.0. The van der Waals surface area contributed by atoms with Crippen LogP contribution in [-0.4, -0.2) is 74.4 Å². The van der Waals surface area contributed by atoms with Crippen LogP contribution in [0.4, 0.5) is 0 Å². The van der Waals surface area contributed by atoms with Crippen molar-refractivity contribution in [3.63, 3.8) is 0 Å². The number of nitrogens with zero attached hydrogens (tertiary/aromatic N) is 5. The maximum atomic E-state index is 12.1. The van der Waals surface area contributed by atoms with Gasteiger partial charge in [-0.15, -0.1) is 5.10 Å². The monoisotopic (exact) mass is 281 g/mol. The number of aromatic nitrogens is 3. The maximum absolute atomic E-state index is 12.1. The molecule has 1 N–H and O–H groups in total. The van der Waals surface area contributed by atoms with Crippen LogP contribution >= 0.6 is 0 Å². The van der Waals surface area contributed by atoms with Crippen molar-refractivity contribution in [1.82, 2.24) is 24.8 Å². The summed E-state index contributed by atoms with van der Waals surface area (Å²) in [5, 5.41) is 15.7. The molecule has 2 rings (SSSR count). The van der Waals surface area contributed by atoms with Crippen LogP contribution in [0.1, 0.15) is 16.9 Å². The summed E-state index contributed by atoms with van der Waals surface area (Å²) in [5.41, 5.74) is -0.218. The Morgan fingerprint density at radius 3 is 2.80 bits per heavy atom. The van der Waals surface area contributed by atoms with Crippen LogP contribution in [0.25, 0.3) is 0 Å². The Hall–Kier alpha value is -2.45. The number of amides is 2. The normalized spacial score (nSPS) is 16.1. The van der Waals surface area contributed by atoms with Crippen molar-refractivity contribution in [3.8, 4) is 0 Å². The molecule has 0 atom stereocenters. The molecule has 0 aliphatic carbocycles. The molecule has 108 valence electrons. The summed E-state index contributed by atoms with van der Waals surface area (Å²) < 4.78 is 1.16. The smallest absolute Gasteiger partial charge is 0.358 e. The Morgan fingerprint density at radius 1 is 1.40 bits per heavy atom. The molecule has 0 spiro atoms. The van der Waals surface area contributed by atoms with Gasteiger partial charge in [0.25, 0.3) is 0 Å². The van der Waals surface area contributed by atoms with E-state index in [1.807, 2.05) is 0 Å². The number of carbonyl (C=O) groups excluding carboxylic acids is 2. The highest BCUT2D eigenvalue weighted by atomic mass is 16.4. The van der Waals surface area contributed by atoms with Gasteiger partial charge in [-0.2, -0.15) is 0 Å². The summed E-state index contributed by atoms with van der Waals surface area (Å²) in [6.45, 7) is 1.03. The first-order valence-electron chi connectivity index (χ1n) is 6.12. The number of rotatable bonds is 3. The van der Waals surface area contributed by atoms with E-state index in [1.165, 1.54) is 11.1 Å². The second-order valence-electron chi connectivity index (χ2n) is 4.59. The fourth-order valence-corrected chi connectivity index (χ4v) is 1.91. The lowest BCUT2D eigenvalue weighted by Crippen LogP contribution is -2.39. The summed E-state index contributed by atoms with van der Waals surface area (Å²) in [4.78, 5) is 37.5. The highest BCUT2D eigenvalue weighted by Gasteiger charge is 2.23. The largest absolute Gasteiger partial charge is 0.476 e. The van der Waals surface area contributed by atoms with Crippen LogP contribution in [0, 0.1) is 0 Å². The maximum Gasteiger partial charge on any atom is 0.358 e. The molecule has 0 radical (unpaired) electrons. The lowest BCUT2D eigenvalue weighted by atomic mass is 10.3. The van der Waals surface area contributed by atoms with Crippen LogP contribution in [0.5, 0.6) is 0 Å². The molecule has 0 saturated carbocycles. The molecule has 9 heteroatoms. The molecule has 1 aromatic rings. The van der Waals surface area contributed by atoms with Gasteiger partial charge in [-0.05, 0) is 6.42 Å². The van der Waals surface area contributed by atoms with Crippen LogP contribution in [-0.2, 0) is 16.1 Å². The highest BCUT2D eigenvalue weighted by molar-refractivity contribution is 5.86. The zero-order valence-corrected chi connectivity index (χ0v) is 11.0. The number of likely N-dealkylation sites (N-methyl/N-ethyl adjacent to an activating group) is 1. The lowest BCUT2D eigenvalue weighted by molar-refractivity contribution is -0.138. The van der Waals surface area contributed by atoms with Crippen molar-refractivity contribution in [1.29, 1.82) is 0 Å². The summed E-state index contributed by atoms with van der Waals surface area (Å²) in [6, 6.07) is 0. The van der Waals surface area contributed by atoms with Crippen molar-refractivity contribution in [3.05, 3.63) is 11.9 Å². The van der Waals surface area contributed by atoms with E-state index in [1.54, 1.807) is 11.9 Å². The van der Waals surface area contributed by atoms with Crippen LogP contribution in [0.2, 0.25) is 0 Å². The van der Waals surface area contributed by atoms with Crippen molar-refractivity contribution >= 4 is 17.8 Å². The summed E-state index contributed by atoms with van der Waals surface area (Å²) in [6.07, 6.45) is 1.90. The molecule has 9 nitrogen and oxygen atoms in total. The first-order valence-corrected chi connectivity index (χ1v) is 6.12. The molecule has 1 aromatic heterocycles. The highest BCUT2D eigenvalue weighted by Crippen LogP contribution is 2.04. The standard InChI is InChI=1S/C11H15N5O4/c1-14-3-2-4-15(6-9(14)17)10(18)7-16-5-8(11(19)20)12-13-16/h5H,2-4,6-7H2,1H3,(H,19,20). The summed E-state index contributed by atoms with van der Waals surface area (Å²) in [5.74, 6) is -1.59. The topological polar surface area (TPSA) is 109 Å². The molecule has 0 aromatic carbocycles. The quantitative estimate of drug-likeness (QED) is 0.735. The van der Waals surface area contributed by atoms with E-state index >= 15 is 0 Å². The fraction of sp³-hybridized carbons (Fsp3) is 0.545. The molecular weight excluding hydrogens is 266 g/mol. The van der Waals surface area contributed by atoms with E-state index in [-0.39, 0.29) is 30.6 Å². The van der Waals surface area contributed by atoms with E-state index < -0.39 is 5.97 Å². The Morgan fingerprint density at radius 2 is 2.15 bits per heavy atom. The summed E-state index contributed by atoms with van der Waals surface area (Å²) >= 11 is 0. The average molecular weight is 281 g/mol. The van der Waals surface area contributed by atoms with Crippen LogP contribution in [0.3, 0.4) is 0 Å². The van der Waals surface area contributed by atoms with Crippen molar-refractivity contribution in [2.75, 3.05) is 26.7 Å². The zero-order chi connectivity index (χ0) is 14.7. The Bertz CT molecular complexity index is 541. The van der Waals surface area contributed by atoms with Crippen molar-refractivity contribution in [2.24, 2.45) is 0 Å². The third-order valence-electron chi connectivity index (χ3n) is 3.08. The van der Waals surface area contributed by atoms with E-state index in [0.717, 1.165) is 4.68 Å². The second-order valence-corrected chi connectivity index (χ2v) is 4.59.